The summed E-state index contributed by atoms with van der Waals surface area (Å²) >= 11 is 6.13. The van der Waals surface area contributed by atoms with Crippen LogP contribution in [0.2, 0.25) is 5.02 Å². The van der Waals surface area contributed by atoms with Crippen LogP contribution in [0, 0.1) is 0 Å². The number of nitrogens with zero attached hydrogens (tertiary/aromatic N) is 1. The van der Waals surface area contributed by atoms with Gasteiger partial charge in [0.05, 0.1) is 27.7 Å². The first-order valence-corrected chi connectivity index (χ1v) is 10.5. The van der Waals surface area contributed by atoms with Crippen molar-refractivity contribution in [3.05, 3.63) is 53.1 Å². The van der Waals surface area contributed by atoms with Gasteiger partial charge in [-0.15, -0.1) is 0 Å². The van der Waals surface area contributed by atoms with E-state index in [4.69, 9.17) is 16.3 Å². The highest BCUT2D eigenvalue weighted by Crippen LogP contribution is 2.26. The summed E-state index contributed by atoms with van der Waals surface area (Å²) in [5.74, 6) is -0.577. The number of hydrogen-bond donors (Lipinski definition) is 2. The van der Waals surface area contributed by atoms with Crippen LogP contribution in [0.25, 0.3) is 0 Å². The number of ether oxygens (including phenoxy) is 1. The molecular weight excluding hydrogens is 404 g/mol. The van der Waals surface area contributed by atoms with Crippen molar-refractivity contribution in [1.29, 1.82) is 0 Å². The number of amides is 1. The second kappa shape index (κ2) is 8.08. The normalized spacial score (nSPS) is 20.7. The van der Waals surface area contributed by atoms with Crippen molar-refractivity contribution in [2.24, 2.45) is 0 Å². The minimum absolute atomic E-state index is 0.00391. The van der Waals surface area contributed by atoms with Gasteiger partial charge in [-0.1, -0.05) is 17.7 Å². The van der Waals surface area contributed by atoms with Crippen LogP contribution in [-0.2, 0) is 14.8 Å². The van der Waals surface area contributed by atoms with Gasteiger partial charge in [0.2, 0.25) is 10.0 Å². The fraction of sp³-hybridized carbons (Fsp3) is 0.316. The molecule has 2 N–H and O–H groups in total. The molecule has 0 radical (unpaired) electrons. The lowest BCUT2D eigenvalue weighted by Crippen LogP contribution is -2.48. The van der Waals surface area contributed by atoms with Crippen molar-refractivity contribution in [3.8, 4) is 5.75 Å². The molecule has 0 spiro atoms. The van der Waals surface area contributed by atoms with Crippen molar-refractivity contribution < 1.29 is 23.1 Å². The van der Waals surface area contributed by atoms with E-state index in [1.807, 2.05) is 13.8 Å². The van der Waals surface area contributed by atoms with Crippen LogP contribution in [-0.4, -0.2) is 49.0 Å². The molecule has 2 atom stereocenters. The first-order chi connectivity index (χ1) is 13.2. The zero-order valence-electron chi connectivity index (χ0n) is 15.4. The Morgan fingerprint density at radius 2 is 1.86 bits per heavy atom. The zero-order chi connectivity index (χ0) is 20.5. The van der Waals surface area contributed by atoms with E-state index >= 15 is 0 Å². The number of carbonyl (C=O) groups excluding carboxylic acids is 1. The summed E-state index contributed by atoms with van der Waals surface area (Å²) < 4.78 is 33.0. The maximum atomic E-state index is 13.0. The molecule has 1 aliphatic heterocycles. The lowest BCUT2D eigenvalue weighted by molar-refractivity contribution is -0.0440. The molecule has 28 heavy (non-hydrogen) atoms. The highest BCUT2D eigenvalue weighted by Gasteiger charge is 2.32. The fourth-order valence-electron chi connectivity index (χ4n) is 3.10. The minimum atomic E-state index is -3.81. The average molecular weight is 425 g/mol. The molecule has 7 nitrogen and oxygen atoms in total. The second-order valence-corrected chi connectivity index (χ2v) is 9.07. The predicted octanol–water partition coefficient (Wildman–Crippen LogP) is 3.10. The number of hydrogen-bond acceptors (Lipinski definition) is 5. The topological polar surface area (TPSA) is 95.9 Å². The second-order valence-electron chi connectivity index (χ2n) is 6.73. The first-order valence-electron chi connectivity index (χ1n) is 8.72. The van der Waals surface area contributed by atoms with Gasteiger partial charge in [0.1, 0.15) is 5.75 Å². The Balaban J connectivity index is 1.89. The van der Waals surface area contributed by atoms with Crippen LogP contribution >= 0.6 is 11.6 Å². The number of carbonyl (C=O) groups is 1. The Morgan fingerprint density at radius 3 is 2.50 bits per heavy atom. The number of nitrogens with one attached hydrogen (secondary N) is 1. The standard InChI is InChI=1S/C19H21ClN2O5S/c1-12-10-22(11-13(2)27-12)28(25,26)16-6-7-18(20)17(9-16)19(24)21-14-4-3-5-15(23)8-14/h3-9,12-13,23H,10-11H2,1-2H3,(H,21,24)/t12-,13+. The molecular formula is C19H21ClN2O5S. The SMILES string of the molecule is C[C@@H]1CN(S(=O)(=O)c2ccc(Cl)c(C(=O)Nc3cccc(O)c3)c2)C[C@H](C)O1. The maximum absolute atomic E-state index is 13.0. The van der Waals surface area contributed by atoms with Gasteiger partial charge in [-0.25, -0.2) is 8.42 Å². The third-order valence-corrected chi connectivity index (χ3v) is 6.47. The molecule has 1 heterocycles. The van der Waals surface area contributed by atoms with Gasteiger partial charge < -0.3 is 15.2 Å². The monoisotopic (exact) mass is 424 g/mol. The molecule has 1 aliphatic rings. The summed E-state index contributed by atoms with van der Waals surface area (Å²) in [5.41, 5.74) is 0.394. The summed E-state index contributed by atoms with van der Waals surface area (Å²) in [4.78, 5) is 12.6. The summed E-state index contributed by atoms with van der Waals surface area (Å²) in [5, 5.41) is 12.2. The van der Waals surface area contributed by atoms with Gasteiger partial charge in [0.25, 0.3) is 5.91 Å². The number of phenols is 1. The largest absolute Gasteiger partial charge is 0.508 e. The van der Waals surface area contributed by atoms with Crippen LogP contribution in [0.4, 0.5) is 5.69 Å². The van der Waals surface area contributed by atoms with E-state index in [1.165, 1.54) is 34.6 Å². The van der Waals surface area contributed by atoms with Gasteiger partial charge in [0.15, 0.2) is 0 Å². The van der Waals surface area contributed by atoms with Crippen molar-refractivity contribution in [3.63, 3.8) is 0 Å². The molecule has 1 fully saturated rings. The molecule has 0 unspecified atom stereocenters. The average Bonchev–Trinajstić information content (AvgIpc) is 2.61. The lowest BCUT2D eigenvalue weighted by Gasteiger charge is -2.34. The molecule has 0 aliphatic carbocycles. The van der Waals surface area contributed by atoms with Crippen molar-refractivity contribution in [2.75, 3.05) is 18.4 Å². The van der Waals surface area contributed by atoms with Crippen LogP contribution in [0.1, 0.15) is 24.2 Å². The molecule has 0 aromatic heterocycles. The van der Waals surface area contributed by atoms with Crippen LogP contribution in [0.5, 0.6) is 5.75 Å². The van der Waals surface area contributed by atoms with E-state index in [2.05, 4.69) is 5.32 Å². The van der Waals surface area contributed by atoms with Crippen molar-refractivity contribution >= 4 is 33.2 Å². The predicted molar refractivity (Wildman–Crippen MR) is 106 cm³/mol. The highest BCUT2D eigenvalue weighted by molar-refractivity contribution is 7.89. The zero-order valence-corrected chi connectivity index (χ0v) is 17.0. The van der Waals surface area contributed by atoms with E-state index in [0.717, 1.165) is 0 Å². The maximum Gasteiger partial charge on any atom is 0.257 e. The van der Waals surface area contributed by atoms with Crippen molar-refractivity contribution in [1.82, 2.24) is 4.31 Å². The summed E-state index contributed by atoms with van der Waals surface area (Å²) in [6.07, 6.45) is -0.446. The molecule has 9 heteroatoms. The Hall–Kier alpha value is -2.13. The molecule has 1 saturated heterocycles. The minimum Gasteiger partial charge on any atom is -0.508 e. The van der Waals surface area contributed by atoms with Crippen LogP contribution < -0.4 is 5.32 Å². The quantitative estimate of drug-likeness (QED) is 0.786. The molecule has 3 rings (SSSR count). The number of rotatable bonds is 4. The Labute approximate surface area is 168 Å². The third-order valence-electron chi connectivity index (χ3n) is 4.31. The fourth-order valence-corrected chi connectivity index (χ4v) is 4.92. The van der Waals surface area contributed by atoms with E-state index in [1.54, 1.807) is 12.1 Å². The van der Waals surface area contributed by atoms with Crippen LogP contribution in [0.3, 0.4) is 0 Å². The number of phenolic OH excluding ortho intramolecular Hbond substituents is 1. The molecule has 0 saturated carbocycles. The Bertz CT molecular complexity index is 986. The Kier molecular flexibility index (Phi) is 5.95. The number of aromatic hydroxyl groups is 1. The van der Waals surface area contributed by atoms with E-state index in [-0.39, 0.29) is 46.5 Å². The van der Waals surface area contributed by atoms with Gasteiger partial charge in [-0.2, -0.15) is 4.31 Å². The van der Waals surface area contributed by atoms with Gasteiger partial charge in [0, 0.05) is 24.8 Å². The lowest BCUT2D eigenvalue weighted by atomic mass is 10.2. The summed E-state index contributed by atoms with van der Waals surface area (Å²) in [6, 6.07) is 10.1. The highest BCUT2D eigenvalue weighted by atomic mass is 35.5. The van der Waals surface area contributed by atoms with Crippen LogP contribution in [0.15, 0.2) is 47.4 Å². The van der Waals surface area contributed by atoms with Gasteiger partial charge >= 0.3 is 0 Å². The molecule has 0 bridgehead atoms. The third kappa shape index (κ3) is 4.47. The first kappa shape index (κ1) is 20.6. The van der Waals surface area contributed by atoms with E-state index in [0.29, 0.717) is 5.69 Å². The molecule has 2 aromatic rings. The Morgan fingerprint density at radius 1 is 1.18 bits per heavy atom. The van der Waals surface area contributed by atoms with Gasteiger partial charge in [-0.05, 0) is 44.2 Å². The smallest absolute Gasteiger partial charge is 0.257 e. The summed E-state index contributed by atoms with van der Waals surface area (Å²) in [7, 11) is -3.81. The van der Waals surface area contributed by atoms with Crippen molar-refractivity contribution in [2.45, 2.75) is 31.0 Å². The summed E-state index contributed by atoms with van der Waals surface area (Å²) in [6.45, 7) is 4.10. The van der Waals surface area contributed by atoms with Gasteiger partial charge in [-0.3, -0.25) is 4.79 Å². The van der Waals surface area contributed by atoms with E-state index in [9.17, 15) is 18.3 Å². The molecule has 150 valence electrons. The number of anilines is 1. The molecule has 2 aromatic carbocycles. The molecule has 1 amide bonds. The number of morpholine rings is 1. The van der Waals surface area contributed by atoms with E-state index < -0.39 is 15.9 Å². The number of halogens is 1. The number of sulfonamides is 1. The number of benzene rings is 2.